The van der Waals surface area contributed by atoms with Crippen LogP contribution in [0.3, 0.4) is 0 Å². The highest BCUT2D eigenvalue weighted by Gasteiger charge is 2.20. The van der Waals surface area contributed by atoms with Crippen molar-refractivity contribution in [1.82, 2.24) is 20.1 Å². The average Bonchev–Trinajstić information content (AvgIpc) is 3.12. The minimum Gasteiger partial charge on any atom is -0.342 e. The molecule has 29 heavy (non-hydrogen) atoms. The van der Waals surface area contributed by atoms with Gasteiger partial charge in [-0.3, -0.25) is 4.79 Å². The highest BCUT2D eigenvalue weighted by atomic mass is 35.5. The van der Waals surface area contributed by atoms with E-state index in [-0.39, 0.29) is 11.9 Å². The van der Waals surface area contributed by atoms with Crippen LogP contribution in [0.15, 0.2) is 47.6 Å². The highest BCUT2D eigenvalue weighted by molar-refractivity contribution is 7.98. The summed E-state index contributed by atoms with van der Waals surface area (Å²) in [7, 11) is 0. The third-order valence-corrected chi connectivity index (χ3v) is 6.42. The standard InChI is InChI=1S/C20H19Cl3N4OS/c1-3-27-18(12(2)24-19(28)13-8-9-16(22)17(23)10-13)25-26-20(27)29-11-14-6-4-5-7-15(14)21/h4-10,12H,3,11H2,1-2H3,(H,24,28). The maximum atomic E-state index is 12.6. The Morgan fingerprint density at radius 1 is 1.10 bits per heavy atom. The first-order chi connectivity index (χ1) is 13.9. The van der Waals surface area contributed by atoms with Crippen molar-refractivity contribution in [2.45, 2.75) is 37.3 Å². The average molecular weight is 470 g/mol. The van der Waals surface area contributed by atoms with Crippen LogP contribution in [0.25, 0.3) is 0 Å². The molecule has 1 atom stereocenters. The molecule has 1 amide bonds. The Morgan fingerprint density at radius 2 is 1.86 bits per heavy atom. The number of nitrogens with one attached hydrogen (secondary N) is 1. The first-order valence-electron chi connectivity index (χ1n) is 8.96. The summed E-state index contributed by atoms with van der Waals surface area (Å²) in [5, 5.41) is 13.8. The van der Waals surface area contributed by atoms with Crippen molar-refractivity contribution >= 4 is 52.5 Å². The summed E-state index contributed by atoms with van der Waals surface area (Å²) < 4.78 is 1.99. The van der Waals surface area contributed by atoms with Crippen molar-refractivity contribution in [3.63, 3.8) is 0 Å². The molecule has 2 aromatic carbocycles. The lowest BCUT2D eigenvalue weighted by atomic mass is 10.2. The zero-order chi connectivity index (χ0) is 21.0. The molecule has 0 aliphatic heterocycles. The molecule has 1 unspecified atom stereocenters. The minimum atomic E-state index is -0.334. The van der Waals surface area contributed by atoms with Gasteiger partial charge in [-0.1, -0.05) is 64.8 Å². The first-order valence-corrected chi connectivity index (χ1v) is 11.1. The Balaban J connectivity index is 1.72. The molecule has 3 rings (SSSR count). The van der Waals surface area contributed by atoms with Gasteiger partial charge in [-0.2, -0.15) is 0 Å². The van der Waals surface area contributed by atoms with Crippen LogP contribution in [0.2, 0.25) is 15.1 Å². The maximum Gasteiger partial charge on any atom is 0.251 e. The SMILES string of the molecule is CCn1c(SCc2ccccc2Cl)nnc1C(C)NC(=O)c1ccc(Cl)c(Cl)c1. The molecular formula is C20H19Cl3N4OS. The van der Waals surface area contributed by atoms with Crippen molar-refractivity contribution in [2.24, 2.45) is 0 Å². The van der Waals surface area contributed by atoms with Crippen molar-refractivity contribution in [1.29, 1.82) is 0 Å². The van der Waals surface area contributed by atoms with E-state index in [1.54, 1.807) is 30.0 Å². The predicted molar refractivity (Wildman–Crippen MR) is 119 cm³/mol. The van der Waals surface area contributed by atoms with Gasteiger partial charge < -0.3 is 9.88 Å². The summed E-state index contributed by atoms with van der Waals surface area (Å²) >= 11 is 19.7. The lowest BCUT2D eigenvalue weighted by Gasteiger charge is -2.15. The van der Waals surface area contributed by atoms with E-state index in [0.29, 0.717) is 33.7 Å². The van der Waals surface area contributed by atoms with Gasteiger partial charge in [-0.15, -0.1) is 10.2 Å². The fraction of sp³-hybridized carbons (Fsp3) is 0.250. The van der Waals surface area contributed by atoms with Gasteiger partial charge in [0.2, 0.25) is 0 Å². The van der Waals surface area contributed by atoms with Crippen LogP contribution >= 0.6 is 46.6 Å². The van der Waals surface area contributed by atoms with Crippen LogP contribution < -0.4 is 5.32 Å². The Bertz CT molecular complexity index is 1020. The van der Waals surface area contributed by atoms with Crippen molar-refractivity contribution in [3.8, 4) is 0 Å². The molecule has 3 aromatic rings. The number of halogens is 3. The number of carbonyl (C=O) groups excluding carboxylic acids is 1. The van der Waals surface area contributed by atoms with Crippen LogP contribution in [0.4, 0.5) is 0 Å². The largest absolute Gasteiger partial charge is 0.342 e. The summed E-state index contributed by atoms with van der Waals surface area (Å²) in [5.74, 6) is 1.11. The lowest BCUT2D eigenvalue weighted by molar-refractivity contribution is 0.0937. The van der Waals surface area contributed by atoms with Gasteiger partial charge >= 0.3 is 0 Å². The number of amides is 1. The molecule has 1 aromatic heterocycles. The molecule has 0 fully saturated rings. The molecule has 152 valence electrons. The van der Waals surface area contributed by atoms with Gasteiger partial charge in [0.25, 0.3) is 5.91 Å². The van der Waals surface area contributed by atoms with E-state index in [0.717, 1.165) is 15.7 Å². The number of benzene rings is 2. The zero-order valence-corrected chi connectivity index (χ0v) is 18.9. The minimum absolute atomic E-state index is 0.257. The lowest BCUT2D eigenvalue weighted by Crippen LogP contribution is -2.28. The Labute approximate surface area is 188 Å². The second-order valence-corrected chi connectivity index (χ2v) is 8.45. The van der Waals surface area contributed by atoms with Crippen molar-refractivity contribution in [2.75, 3.05) is 0 Å². The van der Waals surface area contributed by atoms with Crippen molar-refractivity contribution in [3.05, 3.63) is 74.5 Å². The van der Waals surface area contributed by atoms with E-state index in [1.165, 1.54) is 0 Å². The number of aromatic nitrogens is 3. The molecule has 0 saturated carbocycles. The third-order valence-electron chi connectivity index (χ3n) is 4.29. The molecule has 1 N–H and O–H groups in total. The van der Waals surface area contributed by atoms with Gasteiger partial charge in [0.15, 0.2) is 11.0 Å². The molecule has 0 aliphatic rings. The number of nitrogens with zero attached hydrogens (tertiary/aromatic N) is 3. The van der Waals surface area contributed by atoms with E-state index in [2.05, 4.69) is 15.5 Å². The second kappa shape index (κ2) is 9.85. The summed E-state index contributed by atoms with van der Waals surface area (Å²) in [6.07, 6.45) is 0. The van der Waals surface area contributed by atoms with Gasteiger partial charge in [0.05, 0.1) is 16.1 Å². The maximum absolute atomic E-state index is 12.6. The Kier molecular flexibility index (Phi) is 7.46. The zero-order valence-electron chi connectivity index (χ0n) is 15.8. The number of hydrogen-bond donors (Lipinski definition) is 1. The van der Waals surface area contributed by atoms with Crippen LogP contribution in [0, 0.1) is 0 Å². The highest BCUT2D eigenvalue weighted by Crippen LogP contribution is 2.27. The molecule has 0 bridgehead atoms. The Morgan fingerprint density at radius 3 is 2.55 bits per heavy atom. The quantitative estimate of drug-likeness (QED) is 0.428. The summed E-state index contributed by atoms with van der Waals surface area (Å²) in [6, 6.07) is 12.2. The molecule has 0 aliphatic carbocycles. The van der Waals surface area contributed by atoms with Crippen molar-refractivity contribution < 1.29 is 4.79 Å². The van der Waals surface area contributed by atoms with Crippen LogP contribution in [0.1, 0.15) is 41.6 Å². The van der Waals surface area contributed by atoms with Gasteiger partial charge in [0.1, 0.15) is 0 Å². The van der Waals surface area contributed by atoms with E-state index in [1.807, 2.05) is 42.7 Å². The van der Waals surface area contributed by atoms with E-state index < -0.39 is 0 Å². The van der Waals surface area contributed by atoms with Crippen LogP contribution in [-0.4, -0.2) is 20.7 Å². The molecule has 0 saturated heterocycles. The molecule has 5 nitrogen and oxygen atoms in total. The molecule has 1 heterocycles. The second-order valence-electron chi connectivity index (χ2n) is 6.29. The number of hydrogen-bond acceptors (Lipinski definition) is 4. The van der Waals surface area contributed by atoms with E-state index in [9.17, 15) is 4.79 Å². The predicted octanol–water partition coefficient (Wildman–Crippen LogP) is 6.04. The number of carbonyl (C=O) groups is 1. The van der Waals surface area contributed by atoms with Gasteiger partial charge in [-0.05, 0) is 43.7 Å². The first kappa shape index (κ1) is 22.0. The van der Waals surface area contributed by atoms with E-state index in [4.69, 9.17) is 34.8 Å². The van der Waals surface area contributed by atoms with Gasteiger partial charge in [-0.25, -0.2) is 0 Å². The summed E-state index contributed by atoms with van der Waals surface area (Å²) in [6.45, 7) is 4.56. The molecule has 0 spiro atoms. The van der Waals surface area contributed by atoms with Gasteiger partial charge in [0, 0.05) is 22.9 Å². The third kappa shape index (κ3) is 5.25. The normalized spacial score (nSPS) is 12.0. The molecule has 9 heteroatoms. The number of thioether (sulfide) groups is 1. The molecule has 0 radical (unpaired) electrons. The Hall–Kier alpha value is -1.73. The monoisotopic (exact) mass is 468 g/mol. The van der Waals surface area contributed by atoms with E-state index >= 15 is 0 Å². The fourth-order valence-electron chi connectivity index (χ4n) is 2.76. The summed E-state index contributed by atoms with van der Waals surface area (Å²) in [5.41, 5.74) is 1.47. The number of rotatable bonds is 7. The smallest absolute Gasteiger partial charge is 0.251 e. The fourth-order valence-corrected chi connectivity index (χ4v) is 4.36. The summed E-state index contributed by atoms with van der Waals surface area (Å²) in [4.78, 5) is 12.6. The van der Waals surface area contributed by atoms with Crippen LogP contribution in [0.5, 0.6) is 0 Å². The molecular weight excluding hydrogens is 451 g/mol. The van der Waals surface area contributed by atoms with Crippen LogP contribution in [-0.2, 0) is 12.3 Å². The topological polar surface area (TPSA) is 59.8 Å².